The Hall–Kier alpha value is -3.26. The average molecular weight is 513 g/mol. The highest BCUT2D eigenvalue weighted by Gasteiger charge is 2.46. The van der Waals surface area contributed by atoms with Gasteiger partial charge in [0.05, 0.1) is 13.0 Å². The van der Waals surface area contributed by atoms with E-state index in [4.69, 9.17) is 14.2 Å². The lowest BCUT2D eigenvalue weighted by Gasteiger charge is -2.24. The number of hydrogen-bond acceptors (Lipinski definition) is 6. The molecule has 2 heterocycles. The quantitative estimate of drug-likeness (QED) is 0.427. The Bertz CT molecular complexity index is 1000. The smallest absolute Gasteiger partial charge is 0.309 e. The molecule has 1 saturated heterocycles. The van der Waals surface area contributed by atoms with Gasteiger partial charge in [0.1, 0.15) is 5.75 Å². The number of fused-ring (bicyclic) bond motifs is 1. The van der Waals surface area contributed by atoms with E-state index in [1.807, 2.05) is 54.4 Å². The first-order valence-corrected chi connectivity index (χ1v) is 13.1. The second-order valence-corrected chi connectivity index (χ2v) is 9.59. The fraction of sp³-hybridized carbons (Fsp3) is 0.517. The van der Waals surface area contributed by atoms with Crippen molar-refractivity contribution >= 4 is 12.4 Å². The standard InChI is InChI=1S/C20H21NO5.C9H19NO/c1-21-10-15(13-5-8-16-17(9-13)26-11-25-16)18(20(22)23)19(21)12-3-6-14(24-2)7-4-12;1-3-5-7-10(9-11)8-6-4-2/h3-9,15,18-19H,10-11H2,1-2H3,(H,22,23);9H,3-8H2,1-2H3/t15-,18-,19+;/m1./s1. The Kier molecular flexibility index (Phi) is 10.6. The summed E-state index contributed by atoms with van der Waals surface area (Å²) in [6.07, 6.45) is 5.54. The van der Waals surface area contributed by atoms with Gasteiger partial charge in [-0.25, -0.2) is 0 Å². The van der Waals surface area contributed by atoms with Crippen LogP contribution < -0.4 is 14.2 Å². The van der Waals surface area contributed by atoms with Gasteiger partial charge in [0, 0.05) is 31.6 Å². The van der Waals surface area contributed by atoms with Crippen LogP contribution in [0.3, 0.4) is 0 Å². The first-order valence-electron chi connectivity index (χ1n) is 13.1. The van der Waals surface area contributed by atoms with E-state index >= 15 is 0 Å². The zero-order valence-corrected chi connectivity index (χ0v) is 22.4. The highest BCUT2D eigenvalue weighted by Crippen LogP contribution is 2.47. The van der Waals surface area contributed by atoms with Crippen molar-refractivity contribution < 1.29 is 28.9 Å². The maximum atomic E-state index is 12.2. The molecule has 37 heavy (non-hydrogen) atoms. The number of likely N-dealkylation sites (tertiary alicyclic amines) is 1. The highest BCUT2D eigenvalue weighted by molar-refractivity contribution is 5.74. The largest absolute Gasteiger partial charge is 0.497 e. The summed E-state index contributed by atoms with van der Waals surface area (Å²) in [5.41, 5.74) is 1.94. The lowest BCUT2D eigenvalue weighted by molar-refractivity contribution is -0.143. The number of carboxylic acid groups (broad SMARTS) is 1. The van der Waals surface area contributed by atoms with E-state index in [1.165, 1.54) is 0 Å². The van der Waals surface area contributed by atoms with Crippen LogP contribution in [0, 0.1) is 5.92 Å². The Labute approximate surface area is 220 Å². The molecular formula is C29H40N2O6. The summed E-state index contributed by atoms with van der Waals surface area (Å²) in [5.74, 6) is 0.681. The normalized spacial score (nSPS) is 20.2. The maximum absolute atomic E-state index is 12.2. The molecule has 2 aliphatic heterocycles. The number of carbonyl (C=O) groups is 2. The van der Waals surface area contributed by atoms with Gasteiger partial charge in [-0.15, -0.1) is 0 Å². The van der Waals surface area contributed by atoms with Gasteiger partial charge in [-0.05, 0) is 55.3 Å². The number of ether oxygens (including phenoxy) is 3. The Morgan fingerprint density at radius 2 is 1.68 bits per heavy atom. The monoisotopic (exact) mass is 512 g/mol. The zero-order valence-electron chi connectivity index (χ0n) is 22.4. The predicted molar refractivity (Wildman–Crippen MR) is 142 cm³/mol. The summed E-state index contributed by atoms with van der Waals surface area (Å²) < 4.78 is 16.0. The highest BCUT2D eigenvalue weighted by atomic mass is 16.7. The minimum atomic E-state index is -0.794. The van der Waals surface area contributed by atoms with Crippen LogP contribution in [0.2, 0.25) is 0 Å². The summed E-state index contributed by atoms with van der Waals surface area (Å²) in [4.78, 5) is 26.6. The first kappa shape index (κ1) is 28.3. The minimum Gasteiger partial charge on any atom is -0.497 e. The third-order valence-corrected chi connectivity index (χ3v) is 7.05. The third-order valence-electron chi connectivity index (χ3n) is 7.05. The third kappa shape index (κ3) is 7.16. The molecule has 202 valence electrons. The number of likely N-dealkylation sites (N-methyl/N-ethyl adjacent to an activating group) is 1. The van der Waals surface area contributed by atoms with Gasteiger partial charge < -0.3 is 24.2 Å². The molecule has 0 unspecified atom stereocenters. The number of aliphatic carboxylic acids is 1. The molecule has 0 saturated carbocycles. The molecule has 3 atom stereocenters. The number of hydrogen-bond donors (Lipinski definition) is 1. The fourth-order valence-corrected chi connectivity index (χ4v) is 5.00. The van der Waals surface area contributed by atoms with E-state index in [1.54, 1.807) is 7.11 Å². The molecule has 0 bridgehead atoms. The number of rotatable bonds is 11. The van der Waals surface area contributed by atoms with Gasteiger partial charge in [-0.3, -0.25) is 14.5 Å². The molecule has 0 aromatic heterocycles. The van der Waals surface area contributed by atoms with E-state index in [0.717, 1.165) is 62.1 Å². The van der Waals surface area contributed by atoms with E-state index in [0.29, 0.717) is 18.0 Å². The second kappa shape index (κ2) is 13.9. The van der Waals surface area contributed by atoms with Gasteiger partial charge in [-0.2, -0.15) is 0 Å². The second-order valence-electron chi connectivity index (χ2n) is 9.59. The van der Waals surface area contributed by atoms with Crippen LogP contribution in [0.15, 0.2) is 42.5 Å². The van der Waals surface area contributed by atoms with E-state index in [9.17, 15) is 14.7 Å². The molecule has 2 aromatic rings. The predicted octanol–water partition coefficient (Wildman–Crippen LogP) is 4.94. The van der Waals surface area contributed by atoms with Crippen LogP contribution in [0.25, 0.3) is 0 Å². The Balaban J connectivity index is 0.000000295. The number of nitrogens with zero attached hydrogens (tertiary/aromatic N) is 2. The summed E-state index contributed by atoms with van der Waals surface area (Å²) in [7, 11) is 3.59. The molecule has 2 aromatic carbocycles. The van der Waals surface area contributed by atoms with Gasteiger partial charge in [-0.1, -0.05) is 44.9 Å². The van der Waals surface area contributed by atoms with Crippen LogP contribution >= 0.6 is 0 Å². The van der Waals surface area contributed by atoms with Crippen molar-refractivity contribution in [3.8, 4) is 17.2 Å². The maximum Gasteiger partial charge on any atom is 0.309 e. The van der Waals surface area contributed by atoms with Crippen LogP contribution in [0.4, 0.5) is 0 Å². The lowest BCUT2D eigenvalue weighted by Crippen LogP contribution is -2.26. The van der Waals surface area contributed by atoms with Crippen LogP contribution in [0.1, 0.15) is 62.6 Å². The Morgan fingerprint density at radius 1 is 1.05 bits per heavy atom. The molecular weight excluding hydrogens is 472 g/mol. The molecule has 1 fully saturated rings. The van der Waals surface area contributed by atoms with Crippen molar-refractivity contribution in [1.82, 2.24) is 9.80 Å². The van der Waals surface area contributed by atoms with Crippen molar-refractivity contribution in [3.63, 3.8) is 0 Å². The molecule has 1 amide bonds. The summed E-state index contributed by atoms with van der Waals surface area (Å²) in [6, 6.07) is 13.1. The first-order chi connectivity index (χ1) is 17.9. The molecule has 1 N–H and O–H groups in total. The van der Waals surface area contributed by atoms with Crippen LogP contribution in [-0.2, 0) is 9.59 Å². The Morgan fingerprint density at radius 3 is 2.24 bits per heavy atom. The van der Waals surface area contributed by atoms with Crippen molar-refractivity contribution in [2.75, 3.05) is 40.6 Å². The summed E-state index contributed by atoms with van der Waals surface area (Å²) in [5, 5.41) is 9.98. The molecule has 2 aliphatic rings. The number of benzene rings is 2. The zero-order chi connectivity index (χ0) is 26.8. The van der Waals surface area contributed by atoms with Crippen molar-refractivity contribution in [1.29, 1.82) is 0 Å². The average Bonchev–Trinajstić information content (AvgIpc) is 3.53. The van der Waals surface area contributed by atoms with E-state index in [2.05, 4.69) is 18.7 Å². The van der Waals surface area contributed by atoms with Crippen LogP contribution in [-0.4, -0.2) is 67.9 Å². The lowest BCUT2D eigenvalue weighted by atomic mass is 9.83. The number of unbranched alkanes of at least 4 members (excludes halogenated alkanes) is 2. The molecule has 8 nitrogen and oxygen atoms in total. The molecule has 8 heteroatoms. The number of carboxylic acids is 1. The molecule has 4 rings (SSSR count). The molecule has 0 radical (unpaired) electrons. The van der Waals surface area contributed by atoms with Crippen molar-refractivity contribution in [2.24, 2.45) is 5.92 Å². The summed E-state index contributed by atoms with van der Waals surface area (Å²) in [6.45, 7) is 7.01. The van der Waals surface area contributed by atoms with Gasteiger partial charge >= 0.3 is 5.97 Å². The minimum absolute atomic E-state index is 0.126. The number of methoxy groups -OCH3 is 1. The number of amides is 1. The van der Waals surface area contributed by atoms with Crippen molar-refractivity contribution in [3.05, 3.63) is 53.6 Å². The van der Waals surface area contributed by atoms with E-state index < -0.39 is 11.9 Å². The fourth-order valence-electron chi connectivity index (χ4n) is 5.00. The van der Waals surface area contributed by atoms with Gasteiger partial charge in [0.15, 0.2) is 11.5 Å². The van der Waals surface area contributed by atoms with Gasteiger partial charge in [0.25, 0.3) is 0 Å². The van der Waals surface area contributed by atoms with Crippen LogP contribution in [0.5, 0.6) is 17.2 Å². The number of carbonyl (C=O) groups excluding carboxylic acids is 1. The summed E-state index contributed by atoms with van der Waals surface area (Å²) >= 11 is 0. The molecule has 0 spiro atoms. The SMILES string of the molecule is CCCCN(C=O)CCCC.COc1ccc([C@H]2[C@H](C(=O)O)[C@@H](c3ccc4c(c3)OCO4)CN2C)cc1. The van der Waals surface area contributed by atoms with Crippen molar-refractivity contribution in [2.45, 2.75) is 51.5 Å². The topological polar surface area (TPSA) is 88.5 Å². The van der Waals surface area contributed by atoms with E-state index in [-0.39, 0.29) is 18.8 Å². The van der Waals surface area contributed by atoms with Gasteiger partial charge in [0.2, 0.25) is 13.2 Å². The molecule has 0 aliphatic carbocycles.